The van der Waals surface area contributed by atoms with Crippen molar-refractivity contribution in [2.24, 2.45) is 0 Å². The topological polar surface area (TPSA) is 64.2 Å². The molecule has 184 valence electrons. The summed E-state index contributed by atoms with van der Waals surface area (Å²) >= 11 is 0. The molecule has 0 bridgehead atoms. The van der Waals surface area contributed by atoms with E-state index >= 15 is 0 Å². The third kappa shape index (κ3) is 5.73. The zero-order valence-corrected chi connectivity index (χ0v) is 18.0. The van der Waals surface area contributed by atoms with E-state index in [-0.39, 0.29) is 35.4 Å². The molecular weight excluding hydrogens is 478 g/mol. The maximum absolute atomic E-state index is 12.9. The molecule has 0 saturated carbocycles. The van der Waals surface area contributed by atoms with Crippen molar-refractivity contribution in [2.75, 3.05) is 0 Å². The SMILES string of the molecule is C=C(Cn1c(O)cc(=O)n(CC(=C)c2ccc(C(F)(F)F)cc2)c1=O)c1ccc(C(F)(F)F)cc1. The molecule has 0 aliphatic heterocycles. The molecule has 0 fully saturated rings. The summed E-state index contributed by atoms with van der Waals surface area (Å²) in [6.45, 7) is 6.73. The van der Waals surface area contributed by atoms with Crippen molar-refractivity contribution >= 4 is 11.1 Å². The Balaban J connectivity index is 1.86. The Hall–Kier alpha value is -4.02. The van der Waals surface area contributed by atoms with Gasteiger partial charge in [0.25, 0.3) is 5.56 Å². The molecule has 0 amide bonds. The lowest BCUT2D eigenvalue weighted by atomic mass is 10.0. The number of allylic oxidation sites excluding steroid dienone is 2. The van der Waals surface area contributed by atoms with Crippen molar-refractivity contribution in [1.82, 2.24) is 9.13 Å². The number of nitrogens with zero attached hydrogens (tertiary/aromatic N) is 2. The fourth-order valence-electron chi connectivity index (χ4n) is 3.25. The second-order valence-corrected chi connectivity index (χ2v) is 7.65. The van der Waals surface area contributed by atoms with E-state index in [9.17, 15) is 41.0 Å². The van der Waals surface area contributed by atoms with Crippen LogP contribution < -0.4 is 11.2 Å². The summed E-state index contributed by atoms with van der Waals surface area (Å²) in [5.41, 5.74) is -2.70. The zero-order chi connectivity index (χ0) is 26.1. The van der Waals surface area contributed by atoms with Gasteiger partial charge in [-0.05, 0) is 46.5 Å². The van der Waals surface area contributed by atoms with Crippen LogP contribution in [0.3, 0.4) is 0 Å². The molecule has 1 aromatic heterocycles. The molecule has 2 aromatic carbocycles. The van der Waals surface area contributed by atoms with E-state index in [1.54, 1.807) is 0 Å². The van der Waals surface area contributed by atoms with Crippen molar-refractivity contribution in [3.63, 3.8) is 0 Å². The zero-order valence-electron chi connectivity index (χ0n) is 18.0. The van der Waals surface area contributed by atoms with Crippen LogP contribution in [0.15, 0.2) is 77.3 Å². The van der Waals surface area contributed by atoms with Gasteiger partial charge in [-0.15, -0.1) is 0 Å². The highest BCUT2D eigenvalue weighted by atomic mass is 19.4. The third-order valence-electron chi connectivity index (χ3n) is 5.20. The lowest BCUT2D eigenvalue weighted by Crippen LogP contribution is -2.39. The molecule has 0 spiro atoms. The summed E-state index contributed by atoms with van der Waals surface area (Å²) in [6, 6.07) is 8.77. The Morgan fingerprint density at radius 2 is 1.09 bits per heavy atom. The molecule has 1 heterocycles. The van der Waals surface area contributed by atoms with Crippen molar-refractivity contribution in [3.8, 4) is 5.88 Å². The number of hydrogen-bond donors (Lipinski definition) is 1. The fourth-order valence-corrected chi connectivity index (χ4v) is 3.25. The first-order chi connectivity index (χ1) is 16.2. The number of rotatable bonds is 6. The van der Waals surface area contributed by atoms with E-state index in [0.29, 0.717) is 0 Å². The molecule has 0 aliphatic carbocycles. The molecule has 5 nitrogen and oxygen atoms in total. The Morgan fingerprint density at radius 1 is 0.714 bits per heavy atom. The van der Waals surface area contributed by atoms with Crippen molar-refractivity contribution < 1.29 is 31.4 Å². The summed E-state index contributed by atoms with van der Waals surface area (Å²) in [5, 5.41) is 10.1. The highest BCUT2D eigenvalue weighted by Crippen LogP contribution is 2.31. The number of hydrogen-bond acceptors (Lipinski definition) is 3. The first-order valence-electron chi connectivity index (χ1n) is 9.93. The fraction of sp³-hybridized carbons (Fsp3) is 0.167. The van der Waals surface area contributed by atoms with Gasteiger partial charge in [0.1, 0.15) is 0 Å². The van der Waals surface area contributed by atoms with Crippen LogP contribution >= 0.6 is 0 Å². The summed E-state index contributed by atoms with van der Waals surface area (Å²) in [5.74, 6) is -0.690. The smallest absolute Gasteiger partial charge is 0.416 e. The molecule has 0 radical (unpaired) electrons. The Morgan fingerprint density at radius 3 is 1.46 bits per heavy atom. The Kier molecular flexibility index (Phi) is 6.82. The standard InChI is InChI=1S/C24H18F6N2O3/c1-14(16-3-7-18(8-4-16)23(25,26)27)12-31-20(33)11-21(34)32(22(31)35)13-15(2)17-5-9-19(10-6-17)24(28,29)30/h3-11,33H,1-2,12-13H2. The Bertz CT molecular complexity index is 1380. The predicted octanol–water partition coefficient (Wildman–Crippen LogP) is 5.18. The van der Waals surface area contributed by atoms with Gasteiger partial charge < -0.3 is 5.11 Å². The normalized spacial score (nSPS) is 11.9. The molecule has 0 atom stereocenters. The van der Waals surface area contributed by atoms with Crippen LogP contribution in [0.25, 0.3) is 11.1 Å². The highest BCUT2D eigenvalue weighted by Gasteiger charge is 2.30. The first kappa shape index (κ1) is 25.6. The summed E-state index contributed by atoms with van der Waals surface area (Å²) in [6.07, 6.45) is -9.06. The van der Waals surface area contributed by atoms with Gasteiger partial charge in [0.2, 0.25) is 5.88 Å². The molecule has 3 rings (SSSR count). The minimum Gasteiger partial charge on any atom is -0.494 e. The van der Waals surface area contributed by atoms with Gasteiger partial charge >= 0.3 is 18.0 Å². The second kappa shape index (κ2) is 9.32. The van der Waals surface area contributed by atoms with E-state index < -0.39 is 40.6 Å². The lowest BCUT2D eigenvalue weighted by molar-refractivity contribution is -0.138. The summed E-state index contributed by atoms with van der Waals surface area (Å²) in [7, 11) is 0. The summed E-state index contributed by atoms with van der Waals surface area (Å²) in [4.78, 5) is 25.2. The molecule has 0 aliphatic rings. The van der Waals surface area contributed by atoms with Gasteiger partial charge in [-0.3, -0.25) is 13.9 Å². The van der Waals surface area contributed by atoms with Gasteiger partial charge in [0, 0.05) is 0 Å². The van der Waals surface area contributed by atoms with Crippen LogP contribution in [0.4, 0.5) is 26.3 Å². The number of alkyl halides is 6. The second-order valence-electron chi connectivity index (χ2n) is 7.65. The number of aromatic nitrogens is 2. The number of aromatic hydroxyl groups is 1. The maximum Gasteiger partial charge on any atom is 0.416 e. The van der Waals surface area contributed by atoms with E-state index in [1.807, 2.05) is 0 Å². The highest BCUT2D eigenvalue weighted by molar-refractivity contribution is 5.64. The lowest BCUT2D eigenvalue weighted by Gasteiger charge is -2.15. The van der Waals surface area contributed by atoms with E-state index in [2.05, 4.69) is 13.2 Å². The molecule has 0 saturated heterocycles. The van der Waals surface area contributed by atoms with E-state index in [0.717, 1.165) is 63.7 Å². The van der Waals surface area contributed by atoms with Gasteiger partial charge in [-0.25, -0.2) is 4.79 Å². The monoisotopic (exact) mass is 496 g/mol. The molecular formula is C24H18F6N2O3. The molecule has 11 heteroatoms. The van der Waals surface area contributed by atoms with Crippen molar-refractivity contribution in [1.29, 1.82) is 0 Å². The predicted molar refractivity (Wildman–Crippen MR) is 118 cm³/mol. The largest absolute Gasteiger partial charge is 0.494 e. The summed E-state index contributed by atoms with van der Waals surface area (Å²) < 4.78 is 78.1. The molecule has 3 aromatic rings. The number of halogens is 6. The van der Waals surface area contributed by atoms with E-state index in [1.165, 1.54) is 0 Å². The number of benzene rings is 2. The minimum atomic E-state index is -4.53. The van der Waals surface area contributed by atoms with Gasteiger partial charge in [0.05, 0.1) is 30.3 Å². The molecule has 1 N–H and O–H groups in total. The van der Waals surface area contributed by atoms with Crippen molar-refractivity contribution in [2.45, 2.75) is 25.4 Å². The van der Waals surface area contributed by atoms with Crippen LogP contribution in [0, 0.1) is 0 Å². The Labute approximate surface area is 194 Å². The minimum absolute atomic E-state index is 0.164. The van der Waals surface area contributed by atoms with Crippen LogP contribution in [0.5, 0.6) is 5.88 Å². The van der Waals surface area contributed by atoms with Crippen molar-refractivity contribution in [3.05, 3.63) is 111 Å². The van der Waals surface area contributed by atoms with Crippen LogP contribution in [-0.4, -0.2) is 14.2 Å². The van der Waals surface area contributed by atoms with Crippen LogP contribution in [0.1, 0.15) is 22.3 Å². The average molecular weight is 496 g/mol. The maximum atomic E-state index is 12.9. The molecule has 35 heavy (non-hydrogen) atoms. The van der Waals surface area contributed by atoms with E-state index in [4.69, 9.17) is 0 Å². The van der Waals surface area contributed by atoms with Crippen LogP contribution in [0.2, 0.25) is 0 Å². The molecule has 0 unspecified atom stereocenters. The van der Waals surface area contributed by atoms with Gasteiger partial charge in [0.15, 0.2) is 0 Å². The van der Waals surface area contributed by atoms with Crippen LogP contribution in [-0.2, 0) is 25.4 Å². The quantitative estimate of drug-likeness (QED) is 0.479. The first-order valence-corrected chi connectivity index (χ1v) is 9.93. The van der Waals surface area contributed by atoms with Gasteiger partial charge in [-0.1, -0.05) is 37.4 Å². The third-order valence-corrected chi connectivity index (χ3v) is 5.20. The average Bonchev–Trinajstić information content (AvgIpc) is 2.78. The van der Waals surface area contributed by atoms with Gasteiger partial charge in [-0.2, -0.15) is 26.3 Å².